The van der Waals surface area contributed by atoms with E-state index in [4.69, 9.17) is 9.47 Å². The highest BCUT2D eigenvalue weighted by atomic mass is 79.9. The molecule has 1 spiro atoms. The molecule has 270 valence electrons. The predicted molar refractivity (Wildman–Crippen MR) is 202 cm³/mol. The summed E-state index contributed by atoms with van der Waals surface area (Å²) < 4.78 is 32.6. The second-order valence-corrected chi connectivity index (χ2v) is 18.8. The molecule has 5 aromatic rings. The van der Waals surface area contributed by atoms with Crippen LogP contribution in [0.15, 0.2) is 107 Å². The van der Waals surface area contributed by atoms with Crippen LogP contribution in [0.3, 0.4) is 0 Å². The highest BCUT2D eigenvalue weighted by Crippen LogP contribution is 2.60. The standard InChI is InChI=1S/C39H41BrFN5O5Si/c1-25-36(52(3,4)41)34(18-20-44-23-32(42-43-44)30(24-47)27-9-6-5-7-10-27)51-39(25)31-21-28(40)14-17-33(31)46(38(39)49)22-26-12-15-29(16-13-26)45-19-8-11-35(50-2)37(45)48/h5-17,19,21,23,25,30,34,36,47H,18,20,22,24H2,1-4H3/t25-,30?,34+,36-,39+/m1/s1. The molecule has 0 saturated carbocycles. The maximum absolute atomic E-state index is 16.4. The summed E-state index contributed by atoms with van der Waals surface area (Å²) in [5.41, 5.74) is 2.45. The number of rotatable bonds is 11. The Morgan fingerprint density at radius 3 is 2.50 bits per heavy atom. The molecule has 1 N–H and O–H groups in total. The van der Waals surface area contributed by atoms with Crippen molar-refractivity contribution in [1.29, 1.82) is 0 Å². The van der Waals surface area contributed by atoms with Gasteiger partial charge in [0.05, 0.1) is 43.7 Å². The van der Waals surface area contributed by atoms with Crippen LogP contribution < -0.4 is 15.2 Å². The maximum atomic E-state index is 16.4. The molecule has 1 unspecified atom stereocenters. The predicted octanol–water partition coefficient (Wildman–Crippen LogP) is 6.74. The van der Waals surface area contributed by atoms with E-state index in [1.165, 1.54) is 11.7 Å². The smallest absolute Gasteiger partial charge is 0.297 e. The minimum Gasteiger partial charge on any atom is -0.491 e. The van der Waals surface area contributed by atoms with Crippen LogP contribution in [0.5, 0.6) is 5.75 Å². The molecule has 2 aliphatic rings. The lowest BCUT2D eigenvalue weighted by atomic mass is 9.82. The molecule has 10 nitrogen and oxygen atoms in total. The Labute approximate surface area is 311 Å². The number of pyridine rings is 1. The van der Waals surface area contributed by atoms with Gasteiger partial charge < -0.3 is 23.6 Å². The van der Waals surface area contributed by atoms with Gasteiger partial charge in [0, 0.05) is 46.1 Å². The number of aliphatic hydroxyl groups is 1. The number of hydrogen-bond acceptors (Lipinski definition) is 7. The molecule has 0 aliphatic carbocycles. The second kappa shape index (κ2) is 14.2. The van der Waals surface area contributed by atoms with Crippen LogP contribution in [0.2, 0.25) is 18.6 Å². The van der Waals surface area contributed by atoms with Crippen LogP contribution in [0.25, 0.3) is 5.69 Å². The molecule has 4 heterocycles. The first-order valence-electron chi connectivity index (χ1n) is 17.4. The van der Waals surface area contributed by atoms with Gasteiger partial charge in [-0.1, -0.05) is 70.5 Å². The lowest BCUT2D eigenvalue weighted by Crippen LogP contribution is -2.45. The van der Waals surface area contributed by atoms with Crippen LogP contribution in [0.4, 0.5) is 9.80 Å². The van der Waals surface area contributed by atoms with Crippen LogP contribution in [0, 0.1) is 5.92 Å². The number of aliphatic hydroxyl groups excluding tert-OH is 1. The number of halogens is 2. The molecule has 2 aromatic heterocycles. The monoisotopic (exact) mass is 785 g/mol. The average Bonchev–Trinajstić information content (AvgIpc) is 3.79. The molecule has 0 bridgehead atoms. The highest BCUT2D eigenvalue weighted by molar-refractivity contribution is 9.10. The summed E-state index contributed by atoms with van der Waals surface area (Å²) in [7, 11) is -1.92. The summed E-state index contributed by atoms with van der Waals surface area (Å²) in [4.78, 5) is 29.4. The largest absolute Gasteiger partial charge is 0.491 e. The SMILES string of the molecule is COc1cccn(-c2ccc(CN3C(=O)[C@@]4(O[C@@H](CCn5cc(C(CO)c6ccccc6)nn5)[C@H]([Si](C)(C)F)[C@H]4C)c4cc(Br)ccc43)cc2)c1=O. The minimum absolute atomic E-state index is 0.113. The maximum Gasteiger partial charge on any atom is 0.297 e. The van der Waals surface area contributed by atoms with Gasteiger partial charge in [0.15, 0.2) is 11.4 Å². The van der Waals surface area contributed by atoms with Crippen molar-refractivity contribution in [2.24, 2.45) is 5.92 Å². The molecular weight excluding hydrogens is 745 g/mol. The van der Waals surface area contributed by atoms with Gasteiger partial charge in [-0.05, 0) is 73.1 Å². The van der Waals surface area contributed by atoms with Crippen molar-refractivity contribution in [3.8, 4) is 11.4 Å². The second-order valence-electron chi connectivity index (χ2n) is 14.1. The van der Waals surface area contributed by atoms with Gasteiger partial charge >= 0.3 is 0 Å². The van der Waals surface area contributed by atoms with Crippen molar-refractivity contribution in [3.05, 3.63) is 135 Å². The first kappa shape index (κ1) is 35.9. The lowest BCUT2D eigenvalue weighted by Gasteiger charge is -2.31. The summed E-state index contributed by atoms with van der Waals surface area (Å²) in [5, 5.41) is 18.8. The number of anilines is 1. The summed E-state index contributed by atoms with van der Waals surface area (Å²) in [6.07, 6.45) is 3.38. The van der Waals surface area contributed by atoms with Gasteiger partial charge in [-0.3, -0.25) is 18.8 Å². The fourth-order valence-electron chi connectivity index (χ4n) is 8.12. The fourth-order valence-corrected chi connectivity index (χ4v) is 11.0. The zero-order valence-electron chi connectivity index (χ0n) is 29.4. The number of benzene rings is 3. The first-order valence-corrected chi connectivity index (χ1v) is 21.1. The van der Waals surface area contributed by atoms with Crippen LogP contribution in [0.1, 0.15) is 41.6 Å². The van der Waals surface area contributed by atoms with Crippen molar-refractivity contribution in [3.63, 3.8) is 0 Å². The molecular formula is C39H41BrFN5O5Si. The lowest BCUT2D eigenvalue weighted by molar-refractivity contribution is -0.146. The van der Waals surface area contributed by atoms with E-state index in [0.717, 1.165) is 26.9 Å². The van der Waals surface area contributed by atoms with Crippen molar-refractivity contribution in [1.82, 2.24) is 19.6 Å². The van der Waals surface area contributed by atoms with Gasteiger partial charge in [0.2, 0.25) is 8.41 Å². The van der Waals surface area contributed by atoms with E-state index in [1.54, 1.807) is 41.0 Å². The van der Waals surface area contributed by atoms with Gasteiger partial charge in [-0.15, -0.1) is 5.10 Å². The van der Waals surface area contributed by atoms with Crippen molar-refractivity contribution in [2.75, 3.05) is 18.6 Å². The molecule has 7 rings (SSSR count). The summed E-state index contributed by atoms with van der Waals surface area (Å²) in [6.45, 7) is 5.89. The first-order chi connectivity index (χ1) is 25.0. The Morgan fingerprint density at radius 2 is 1.81 bits per heavy atom. The molecule has 2 aliphatic heterocycles. The molecule has 52 heavy (non-hydrogen) atoms. The Morgan fingerprint density at radius 1 is 1.06 bits per heavy atom. The van der Waals surface area contributed by atoms with E-state index >= 15 is 4.11 Å². The van der Waals surface area contributed by atoms with Crippen LogP contribution in [-0.4, -0.2) is 58.8 Å². The molecule has 1 fully saturated rings. The number of carbonyl (C=O) groups is 1. The van der Waals surface area contributed by atoms with E-state index in [2.05, 4.69) is 26.2 Å². The van der Waals surface area contributed by atoms with Crippen molar-refractivity contribution < 1.29 is 23.5 Å². The third-order valence-electron chi connectivity index (χ3n) is 10.6. The topological polar surface area (TPSA) is 112 Å². The normalized spacial score (nSPS) is 21.9. The Kier molecular flexibility index (Phi) is 9.80. The Balaban J connectivity index is 1.16. The van der Waals surface area contributed by atoms with Crippen molar-refractivity contribution in [2.45, 2.75) is 62.7 Å². The van der Waals surface area contributed by atoms with Crippen molar-refractivity contribution >= 4 is 35.9 Å². The van der Waals surface area contributed by atoms with Gasteiger partial charge in [-0.2, -0.15) is 0 Å². The molecule has 3 aromatic carbocycles. The van der Waals surface area contributed by atoms with E-state index < -0.39 is 31.6 Å². The summed E-state index contributed by atoms with van der Waals surface area (Å²) >= 11 is 3.61. The molecule has 1 amide bonds. The summed E-state index contributed by atoms with van der Waals surface area (Å²) in [6, 6.07) is 26.2. The molecule has 1 saturated heterocycles. The van der Waals surface area contributed by atoms with Gasteiger partial charge in [0.25, 0.3) is 11.5 Å². The Bertz CT molecular complexity index is 2140. The number of fused-ring (bicyclic) bond motifs is 2. The van der Waals surface area contributed by atoms with E-state index in [9.17, 15) is 14.7 Å². The number of aromatic nitrogens is 4. The fraction of sp³-hybridized carbons (Fsp3) is 0.333. The third-order valence-corrected chi connectivity index (χ3v) is 13.5. The molecule has 13 heteroatoms. The third kappa shape index (κ3) is 6.33. The summed E-state index contributed by atoms with van der Waals surface area (Å²) in [5.74, 6) is -0.735. The number of ether oxygens (including phenoxy) is 2. The number of nitrogens with zero attached hydrogens (tertiary/aromatic N) is 5. The zero-order chi connectivity index (χ0) is 36.8. The minimum atomic E-state index is -3.38. The van der Waals surface area contributed by atoms with Crippen LogP contribution >= 0.6 is 15.9 Å². The quantitative estimate of drug-likeness (QED) is 0.117. The highest BCUT2D eigenvalue weighted by Gasteiger charge is 2.66. The van der Waals surface area contributed by atoms with Gasteiger partial charge in [0.1, 0.15) is 0 Å². The Hall–Kier alpha value is -4.43. The van der Waals surface area contributed by atoms with Crippen LogP contribution in [-0.2, 0) is 28.2 Å². The number of carbonyl (C=O) groups excluding carboxylic acids is 1. The number of hydrogen-bond donors (Lipinski definition) is 1. The number of amides is 1. The zero-order valence-corrected chi connectivity index (χ0v) is 32.0. The van der Waals surface area contributed by atoms with Gasteiger partial charge in [-0.25, -0.2) is 0 Å². The number of methoxy groups -OCH3 is 1. The number of aryl methyl sites for hydroxylation is 1. The molecule has 5 atom stereocenters. The van der Waals surface area contributed by atoms with E-state index in [-0.39, 0.29) is 36.3 Å². The molecule has 0 radical (unpaired) electrons. The average molecular weight is 787 g/mol. The van der Waals surface area contributed by atoms with E-state index in [1.807, 2.05) is 85.9 Å². The van der Waals surface area contributed by atoms with E-state index in [0.29, 0.717) is 24.3 Å².